The van der Waals surface area contributed by atoms with Gasteiger partial charge in [-0.25, -0.2) is 0 Å². The SMILES string of the molecule is O=C(Nc1ccc(Br)cc1)C1(c2ccc(Br)cc2)CCOCC1. The van der Waals surface area contributed by atoms with E-state index in [1.165, 1.54) is 0 Å². The predicted molar refractivity (Wildman–Crippen MR) is 98.6 cm³/mol. The van der Waals surface area contributed by atoms with Gasteiger partial charge in [-0.3, -0.25) is 4.79 Å². The largest absolute Gasteiger partial charge is 0.381 e. The zero-order valence-electron chi connectivity index (χ0n) is 12.5. The summed E-state index contributed by atoms with van der Waals surface area (Å²) in [5.41, 5.74) is 1.31. The standard InChI is InChI=1S/C18H17Br2NO2/c19-14-3-1-13(2-4-14)18(9-11-23-12-10-18)17(22)21-16-7-5-15(20)6-8-16/h1-8H,9-12H2,(H,21,22). The number of hydrogen-bond acceptors (Lipinski definition) is 2. The monoisotopic (exact) mass is 437 g/mol. The number of rotatable bonds is 3. The summed E-state index contributed by atoms with van der Waals surface area (Å²) in [4.78, 5) is 13.1. The van der Waals surface area contributed by atoms with Crippen LogP contribution in [0.4, 0.5) is 5.69 Å². The summed E-state index contributed by atoms with van der Waals surface area (Å²) in [7, 11) is 0. The van der Waals surface area contributed by atoms with Crippen molar-refractivity contribution in [2.75, 3.05) is 18.5 Å². The lowest BCUT2D eigenvalue weighted by Gasteiger charge is -2.36. The molecule has 0 aromatic heterocycles. The van der Waals surface area contributed by atoms with Gasteiger partial charge in [0.15, 0.2) is 0 Å². The molecule has 0 unspecified atom stereocenters. The number of benzene rings is 2. The first-order valence-electron chi connectivity index (χ1n) is 7.51. The molecule has 0 radical (unpaired) electrons. The summed E-state index contributed by atoms with van der Waals surface area (Å²) in [5, 5.41) is 3.07. The van der Waals surface area contributed by atoms with Crippen molar-refractivity contribution in [2.24, 2.45) is 0 Å². The van der Waals surface area contributed by atoms with Crippen molar-refractivity contribution in [3.63, 3.8) is 0 Å². The summed E-state index contributed by atoms with van der Waals surface area (Å²) in [6.45, 7) is 1.20. The van der Waals surface area contributed by atoms with E-state index in [1.807, 2.05) is 48.5 Å². The lowest BCUT2D eigenvalue weighted by Crippen LogP contribution is -2.44. The van der Waals surface area contributed by atoms with E-state index in [-0.39, 0.29) is 5.91 Å². The van der Waals surface area contributed by atoms with Crippen molar-refractivity contribution in [3.8, 4) is 0 Å². The van der Waals surface area contributed by atoms with E-state index < -0.39 is 5.41 Å². The van der Waals surface area contributed by atoms with Crippen LogP contribution in [0.3, 0.4) is 0 Å². The molecule has 2 aromatic rings. The third-order valence-electron chi connectivity index (χ3n) is 4.28. The third kappa shape index (κ3) is 3.67. The van der Waals surface area contributed by atoms with E-state index in [0.717, 1.165) is 20.2 Å². The Balaban J connectivity index is 1.90. The van der Waals surface area contributed by atoms with Crippen LogP contribution in [0.25, 0.3) is 0 Å². The van der Waals surface area contributed by atoms with Crippen molar-refractivity contribution < 1.29 is 9.53 Å². The van der Waals surface area contributed by atoms with E-state index in [1.54, 1.807) is 0 Å². The molecule has 1 aliphatic rings. The van der Waals surface area contributed by atoms with Gasteiger partial charge in [0.05, 0.1) is 5.41 Å². The molecule has 3 rings (SSSR count). The van der Waals surface area contributed by atoms with E-state index in [4.69, 9.17) is 4.74 Å². The smallest absolute Gasteiger partial charge is 0.235 e. The summed E-state index contributed by atoms with van der Waals surface area (Å²) >= 11 is 6.86. The molecule has 0 spiro atoms. The van der Waals surface area contributed by atoms with E-state index in [9.17, 15) is 4.79 Å². The average Bonchev–Trinajstić information content (AvgIpc) is 2.58. The molecule has 0 aliphatic carbocycles. The van der Waals surface area contributed by atoms with Gasteiger partial charge in [-0.2, -0.15) is 0 Å². The molecule has 1 saturated heterocycles. The minimum atomic E-state index is -0.536. The van der Waals surface area contributed by atoms with Gasteiger partial charge >= 0.3 is 0 Å². The van der Waals surface area contributed by atoms with Crippen LogP contribution in [-0.2, 0) is 14.9 Å². The second-order valence-electron chi connectivity index (χ2n) is 5.66. The minimum absolute atomic E-state index is 0.0328. The lowest BCUT2D eigenvalue weighted by atomic mass is 9.73. The van der Waals surface area contributed by atoms with Crippen LogP contribution in [-0.4, -0.2) is 19.1 Å². The van der Waals surface area contributed by atoms with E-state index >= 15 is 0 Å². The van der Waals surface area contributed by atoms with Gasteiger partial charge in [0.2, 0.25) is 5.91 Å². The number of halogens is 2. The van der Waals surface area contributed by atoms with Crippen molar-refractivity contribution in [2.45, 2.75) is 18.3 Å². The fourth-order valence-corrected chi connectivity index (χ4v) is 3.45. The van der Waals surface area contributed by atoms with E-state index in [2.05, 4.69) is 37.2 Å². The highest BCUT2D eigenvalue weighted by molar-refractivity contribution is 9.10. The fraction of sp³-hybridized carbons (Fsp3) is 0.278. The van der Waals surface area contributed by atoms with Crippen LogP contribution < -0.4 is 5.32 Å². The molecule has 23 heavy (non-hydrogen) atoms. The highest BCUT2D eigenvalue weighted by Gasteiger charge is 2.41. The predicted octanol–water partition coefficient (Wildman–Crippen LogP) is 4.90. The Hall–Kier alpha value is -1.17. The number of hydrogen-bond donors (Lipinski definition) is 1. The van der Waals surface area contributed by atoms with Gasteiger partial charge in [0.1, 0.15) is 0 Å². The van der Waals surface area contributed by atoms with Crippen molar-refractivity contribution in [3.05, 3.63) is 63.0 Å². The normalized spacial score (nSPS) is 16.8. The van der Waals surface area contributed by atoms with Gasteiger partial charge in [0, 0.05) is 27.8 Å². The Morgan fingerprint density at radius 1 is 0.913 bits per heavy atom. The van der Waals surface area contributed by atoms with Gasteiger partial charge < -0.3 is 10.1 Å². The first-order chi connectivity index (χ1) is 11.1. The Morgan fingerprint density at radius 2 is 1.43 bits per heavy atom. The van der Waals surface area contributed by atoms with Crippen LogP contribution in [0.1, 0.15) is 18.4 Å². The molecule has 1 aliphatic heterocycles. The summed E-state index contributed by atoms with van der Waals surface area (Å²) in [6.07, 6.45) is 1.38. The first-order valence-corrected chi connectivity index (χ1v) is 9.10. The molecule has 0 atom stereocenters. The number of carbonyl (C=O) groups excluding carboxylic acids is 1. The zero-order valence-corrected chi connectivity index (χ0v) is 15.7. The first kappa shape index (κ1) is 16.7. The highest BCUT2D eigenvalue weighted by Crippen LogP contribution is 2.36. The molecule has 1 fully saturated rings. The minimum Gasteiger partial charge on any atom is -0.381 e. The van der Waals surface area contributed by atoms with Crippen LogP contribution in [0.15, 0.2) is 57.5 Å². The Bertz CT molecular complexity index is 677. The number of amides is 1. The maximum Gasteiger partial charge on any atom is 0.235 e. The molecule has 5 heteroatoms. The molecular weight excluding hydrogens is 422 g/mol. The van der Waals surface area contributed by atoms with Crippen LogP contribution in [0.2, 0.25) is 0 Å². The zero-order chi connectivity index (χ0) is 16.3. The fourth-order valence-electron chi connectivity index (χ4n) is 2.92. The molecular formula is C18H17Br2NO2. The van der Waals surface area contributed by atoms with Crippen molar-refractivity contribution in [1.29, 1.82) is 0 Å². The van der Waals surface area contributed by atoms with Gasteiger partial charge in [0.25, 0.3) is 0 Å². The van der Waals surface area contributed by atoms with Gasteiger partial charge in [-0.1, -0.05) is 44.0 Å². The second kappa shape index (κ2) is 7.16. The Labute approximate surface area is 152 Å². The van der Waals surface area contributed by atoms with Crippen LogP contribution in [0, 0.1) is 0 Å². The van der Waals surface area contributed by atoms with Crippen LogP contribution in [0.5, 0.6) is 0 Å². The van der Waals surface area contributed by atoms with Crippen molar-refractivity contribution >= 4 is 43.5 Å². The topological polar surface area (TPSA) is 38.3 Å². The Kier molecular flexibility index (Phi) is 5.19. The summed E-state index contributed by atoms with van der Waals surface area (Å²) < 4.78 is 7.49. The number of ether oxygens (including phenoxy) is 1. The molecule has 0 bridgehead atoms. The molecule has 0 saturated carbocycles. The molecule has 120 valence electrons. The molecule has 1 amide bonds. The molecule has 1 heterocycles. The van der Waals surface area contributed by atoms with E-state index in [0.29, 0.717) is 26.1 Å². The van der Waals surface area contributed by atoms with Crippen molar-refractivity contribution in [1.82, 2.24) is 0 Å². The quantitative estimate of drug-likeness (QED) is 0.740. The maximum atomic E-state index is 13.1. The second-order valence-corrected chi connectivity index (χ2v) is 7.49. The summed E-state index contributed by atoms with van der Waals surface area (Å²) in [5.74, 6) is 0.0328. The number of nitrogens with one attached hydrogen (secondary N) is 1. The number of carbonyl (C=O) groups is 1. The van der Waals surface area contributed by atoms with Gasteiger partial charge in [-0.15, -0.1) is 0 Å². The van der Waals surface area contributed by atoms with Crippen LogP contribution >= 0.6 is 31.9 Å². The number of anilines is 1. The molecule has 1 N–H and O–H groups in total. The molecule has 3 nitrogen and oxygen atoms in total. The highest BCUT2D eigenvalue weighted by atomic mass is 79.9. The average molecular weight is 439 g/mol. The maximum absolute atomic E-state index is 13.1. The third-order valence-corrected chi connectivity index (χ3v) is 5.34. The molecule has 2 aromatic carbocycles. The Morgan fingerprint density at radius 3 is 2.00 bits per heavy atom. The summed E-state index contributed by atoms with van der Waals surface area (Å²) in [6, 6.07) is 15.7. The lowest BCUT2D eigenvalue weighted by molar-refractivity contribution is -0.125. The van der Waals surface area contributed by atoms with Gasteiger partial charge in [-0.05, 0) is 54.8 Å².